The van der Waals surface area contributed by atoms with E-state index in [1.807, 2.05) is 20.8 Å². The normalized spacial score (nSPS) is 17.8. The van der Waals surface area contributed by atoms with Crippen LogP contribution >= 0.6 is 0 Å². The Kier molecular flexibility index (Phi) is 5.15. The van der Waals surface area contributed by atoms with Crippen molar-refractivity contribution in [3.8, 4) is 11.4 Å². The van der Waals surface area contributed by atoms with Crippen LogP contribution in [-0.2, 0) is 4.74 Å². The minimum atomic E-state index is -0.637. The van der Waals surface area contributed by atoms with Crippen molar-refractivity contribution in [3.05, 3.63) is 51.8 Å². The van der Waals surface area contributed by atoms with Gasteiger partial charge in [-0.15, -0.1) is 0 Å². The molecule has 1 saturated heterocycles. The maximum atomic E-state index is 12.5. The van der Waals surface area contributed by atoms with Gasteiger partial charge in [0, 0.05) is 19.0 Å². The number of carbonyl (C=O) groups excluding carboxylic acids is 3. The molecule has 0 saturated carbocycles. The Morgan fingerprint density at radius 1 is 1.12 bits per heavy atom. The number of rotatable bonds is 3. The summed E-state index contributed by atoms with van der Waals surface area (Å²) in [7, 11) is 0. The third kappa shape index (κ3) is 4.03. The number of nitrogens with one attached hydrogen (secondary N) is 1. The number of nitrogens with two attached hydrogens (primary N) is 1. The molecule has 0 bridgehead atoms. The number of fused-ring (bicyclic) bond motifs is 1. The van der Waals surface area contributed by atoms with Gasteiger partial charge in [-0.3, -0.25) is 24.3 Å². The highest BCUT2D eigenvalue weighted by Crippen LogP contribution is 2.25. The van der Waals surface area contributed by atoms with Gasteiger partial charge in [-0.1, -0.05) is 0 Å². The van der Waals surface area contributed by atoms with Crippen LogP contribution in [0.15, 0.2) is 35.1 Å². The van der Waals surface area contributed by atoms with Crippen molar-refractivity contribution < 1.29 is 23.9 Å². The van der Waals surface area contributed by atoms with E-state index in [4.69, 9.17) is 15.2 Å². The summed E-state index contributed by atoms with van der Waals surface area (Å²) in [5, 5.41) is 2.14. The van der Waals surface area contributed by atoms with Crippen LogP contribution in [0.1, 0.15) is 47.9 Å². The molecule has 1 unspecified atom stereocenters. The third-order valence-corrected chi connectivity index (χ3v) is 5.15. The summed E-state index contributed by atoms with van der Waals surface area (Å²) in [5.41, 5.74) is 5.36. The molecule has 1 fully saturated rings. The van der Waals surface area contributed by atoms with Gasteiger partial charge in [-0.25, -0.2) is 4.79 Å². The fourth-order valence-corrected chi connectivity index (χ4v) is 3.73. The fourth-order valence-electron chi connectivity index (χ4n) is 3.73. The maximum absolute atomic E-state index is 12.5. The maximum Gasteiger partial charge on any atom is 0.410 e. The monoisotopic (exact) mass is 440 g/mol. The Morgan fingerprint density at radius 3 is 2.47 bits per heavy atom. The zero-order valence-corrected chi connectivity index (χ0v) is 18.0. The molecule has 10 heteroatoms. The van der Waals surface area contributed by atoms with Crippen LogP contribution in [0.4, 0.5) is 10.6 Å². The second-order valence-electron chi connectivity index (χ2n) is 8.72. The van der Waals surface area contributed by atoms with E-state index in [9.17, 15) is 19.2 Å². The molecule has 4 rings (SSSR count). The summed E-state index contributed by atoms with van der Waals surface area (Å²) in [6.45, 7) is 6.41. The van der Waals surface area contributed by atoms with Crippen molar-refractivity contribution in [3.63, 3.8) is 0 Å². The molecule has 3 heterocycles. The molecule has 2 aliphatic heterocycles. The van der Waals surface area contributed by atoms with Gasteiger partial charge in [0.05, 0.1) is 23.4 Å². The Morgan fingerprint density at radius 2 is 1.81 bits per heavy atom. The number of ether oxygens (including phenoxy) is 2. The van der Waals surface area contributed by atoms with Gasteiger partial charge in [-0.2, -0.15) is 0 Å². The molecule has 0 aliphatic carbocycles. The number of hydrogen-bond donors (Lipinski definition) is 2. The van der Waals surface area contributed by atoms with E-state index < -0.39 is 23.0 Å². The first kappa shape index (κ1) is 21.4. The second-order valence-corrected chi connectivity index (χ2v) is 8.72. The van der Waals surface area contributed by atoms with E-state index in [-0.39, 0.29) is 29.1 Å². The molecule has 1 aromatic carbocycles. The molecule has 3 N–H and O–H groups in total. The van der Waals surface area contributed by atoms with E-state index in [1.165, 1.54) is 4.57 Å². The first-order valence-corrected chi connectivity index (χ1v) is 10.2. The van der Waals surface area contributed by atoms with Crippen molar-refractivity contribution in [2.24, 2.45) is 0 Å². The number of benzene rings is 1. The van der Waals surface area contributed by atoms with Crippen molar-refractivity contribution in [2.75, 3.05) is 18.8 Å². The van der Waals surface area contributed by atoms with Crippen LogP contribution < -0.4 is 21.3 Å². The SMILES string of the molecule is CC(C)(C)OC(=O)N1CCC(Oc2ccc(-n3c(N)c4c(cc3=O)C(=O)NC4=O)cc2)C1. The molecule has 0 radical (unpaired) electrons. The van der Waals surface area contributed by atoms with Crippen LogP contribution in [0, 0.1) is 0 Å². The molecule has 1 atom stereocenters. The Bertz CT molecular complexity index is 1160. The summed E-state index contributed by atoms with van der Waals surface area (Å²) < 4.78 is 12.5. The molecular weight excluding hydrogens is 416 g/mol. The van der Waals surface area contributed by atoms with E-state index in [0.717, 1.165) is 6.07 Å². The Labute approximate surface area is 183 Å². The average Bonchev–Trinajstić information content (AvgIpc) is 3.26. The molecular formula is C22H24N4O6. The number of pyridine rings is 1. The quantitative estimate of drug-likeness (QED) is 0.694. The minimum absolute atomic E-state index is 0.0110. The van der Waals surface area contributed by atoms with Gasteiger partial charge in [0.2, 0.25) is 0 Å². The molecule has 32 heavy (non-hydrogen) atoms. The standard InChI is InChI=1S/C22H24N4O6/c1-22(2,3)32-21(30)25-9-8-14(11-25)31-13-6-4-12(5-7-13)26-16(27)10-15-17(18(26)23)20(29)24-19(15)28/h4-7,10,14H,8-9,11,23H2,1-3H3,(H,24,28,29). The van der Waals surface area contributed by atoms with Gasteiger partial charge in [0.25, 0.3) is 17.4 Å². The largest absolute Gasteiger partial charge is 0.489 e. The van der Waals surface area contributed by atoms with Crippen LogP contribution in [0.3, 0.4) is 0 Å². The highest BCUT2D eigenvalue weighted by molar-refractivity contribution is 6.23. The molecule has 2 aromatic rings. The number of nitrogen functional groups attached to an aromatic ring is 1. The van der Waals surface area contributed by atoms with Crippen molar-refractivity contribution in [1.29, 1.82) is 0 Å². The lowest BCUT2D eigenvalue weighted by molar-refractivity contribution is 0.0275. The minimum Gasteiger partial charge on any atom is -0.489 e. The Hall–Kier alpha value is -3.82. The molecule has 2 aliphatic rings. The summed E-state index contributed by atoms with van der Waals surface area (Å²) in [6, 6.07) is 7.72. The second kappa shape index (κ2) is 7.70. The molecule has 1 aromatic heterocycles. The van der Waals surface area contributed by atoms with Crippen LogP contribution in [0.5, 0.6) is 5.75 Å². The fraction of sp³-hybridized carbons (Fsp3) is 0.364. The van der Waals surface area contributed by atoms with Gasteiger partial charge < -0.3 is 20.1 Å². The number of hydrogen-bond acceptors (Lipinski definition) is 7. The van der Waals surface area contributed by atoms with Crippen LogP contribution in [0.2, 0.25) is 0 Å². The number of aromatic nitrogens is 1. The smallest absolute Gasteiger partial charge is 0.410 e. The Balaban J connectivity index is 1.48. The zero-order valence-electron chi connectivity index (χ0n) is 18.0. The third-order valence-electron chi connectivity index (χ3n) is 5.15. The predicted molar refractivity (Wildman–Crippen MR) is 115 cm³/mol. The predicted octanol–water partition coefficient (Wildman–Crippen LogP) is 1.69. The topological polar surface area (TPSA) is 133 Å². The van der Waals surface area contributed by atoms with E-state index in [2.05, 4.69) is 5.32 Å². The van der Waals surface area contributed by atoms with Crippen molar-refractivity contribution in [2.45, 2.75) is 38.9 Å². The van der Waals surface area contributed by atoms with Crippen molar-refractivity contribution >= 4 is 23.7 Å². The van der Waals surface area contributed by atoms with Gasteiger partial charge in [0.1, 0.15) is 23.3 Å². The highest BCUT2D eigenvalue weighted by atomic mass is 16.6. The summed E-state index contributed by atoms with van der Waals surface area (Å²) >= 11 is 0. The molecule has 168 valence electrons. The highest BCUT2D eigenvalue weighted by Gasteiger charge is 2.32. The molecule has 0 spiro atoms. The lowest BCUT2D eigenvalue weighted by Crippen LogP contribution is -2.36. The number of imide groups is 1. The molecule has 3 amide bonds. The lowest BCUT2D eigenvalue weighted by Gasteiger charge is -2.24. The number of nitrogens with zero attached hydrogens (tertiary/aromatic N) is 2. The molecule has 10 nitrogen and oxygen atoms in total. The first-order valence-electron chi connectivity index (χ1n) is 10.2. The first-order chi connectivity index (χ1) is 15.0. The van der Waals surface area contributed by atoms with E-state index in [1.54, 1.807) is 29.2 Å². The van der Waals surface area contributed by atoms with Crippen LogP contribution in [-0.4, -0.2) is 52.2 Å². The number of carbonyl (C=O) groups is 3. The number of amides is 3. The summed E-state index contributed by atoms with van der Waals surface area (Å²) in [6.07, 6.45) is 0.116. The lowest BCUT2D eigenvalue weighted by atomic mass is 10.1. The van der Waals surface area contributed by atoms with Crippen molar-refractivity contribution in [1.82, 2.24) is 14.8 Å². The van der Waals surface area contributed by atoms with E-state index >= 15 is 0 Å². The number of likely N-dealkylation sites (tertiary alicyclic amines) is 1. The summed E-state index contributed by atoms with van der Waals surface area (Å²) in [5.74, 6) is -0.813. The summed E-state index contributed by atoms with van der Waals surface area (Å²) in [4.78, 5) is 50.1. The zero-order chi connectivity index (χ0) is 23.2. The van der Waals surface area contributed by atoms with E-state index in [0.29, 0.717) is 30.9 Å². The van der Waals surface area contributed by atoms with Crippen LogP contribution in [0.25, 0.3) is 5.69 Å². The van der Waals surface area contributed by atoms with Gasteiger partial charge >= 0.3 is 6.09 Å². The number of anilines is 1. The average molecular weight is 440 g/mol. The van der Waals surface area contributed by atoms with Gasteiger partial charge in [-0.05, 0) is 45.0 Å². The van der Waals surface area contributed by atoms with Gasteiger partial charge in [0.15, 0.2) is 0 Å².